The number of hydrogen-bond acceptors (Lipinski definition) is 7. The van der Waals surface area contributed by atoms with Gasteiger partial charge < -0.3 is 24.5 Å². The van der Waals surface area contributed by atoms with E-state index in [1.165, 1.54) is 0 Å². The van der Waals surface area contributed by atoms with Gasteiger partial charge in [-0.3, -0.25) is 4.79 Å². The molecule has 4 heterocycles. The average molecular weight is 476 g/mol. The molecule has 6 rings (SSSR count). The van der Waals surface area contributed by atoms with Crippen LogP contribution in [-0.4, -0.2) is 62.7 Å². The Morgan fingerprint density at radius 2 is 1.83 bits per heavy atom. The van der Waals surface area contributed by atoms with E-state index in [1.807, 2.05) is 48.5 Å². The van der Waals surface area contributed by atoms with Crippen molar-refractivity contribution in [1.82, 2.24) is 25.2 Å². The summed E-state index contributed by atoms with van der Waals surface area (Å²) in [5.74, 6) is 1.93. The van der Waals surface area contributed by atoms with E-state index in [0.29, 0.717) is 74.1 Å². The molecule has 1 atom stereocenters. The van der Waals surface area contributed by atoms with Gasteiger partial charge in [0.1, 0.15) is 13.2 Å². The van der Waals surface area contributed by atoms with Crippen LogP contribution in [0.4, 0.5) is 0 Å². The summed E-state index contributed by atoms with van der Waals surface area (Å²) in [6.45, 7) is 2.90. The number of nitrogens with zero attached hydrogens (tertiary/aromatic N) is 4. The second-order valence-electron chi connectivity index (χ2n) is 9.14. The van der Waals surface area contributed by atoms with Crippen LogP contribution in [0.15, 0.2) is 53.3 Å². The zero-order valence-corrected chi connectivity index (χ0v) is 19.2. The quantitative estimate of drug-likeness (QED) is 0.384. The minimum Gasteiger partial charge on any atom is -0.486 e. The molecule has 1 saturated heterocycles. The van der Waals surface area contributed by atoms with Gasteiger partial charge in [0.05, 0.1) is 36.8 Å². The smallest absolute Gasteiger partial charge is 0.258 e. The maximum absolute atomic E-state index is 13.4. The second kappa shape index (κ2) is 9.12. The molecule has 0 radical (unpaired) electrons. The lowest BCUT2D eigenvalue weighted by Gasteiger charge is -2.32. The molecule has 0 amide bonds. The first-order valence-electron chi connectivity index (χ1n) is 11.9. The Balaban J connectivity index is 1.46. The zero-order chi connectivity index (χ0) is 23.8. The summed E-state index contributed by atoms with van der Waals surface area (Å²) in [5, 5.41) is 23.6. The molecule has 2 aliphatic rings. The van der Waals surface area contributed by atoms with Crippen LogP contribution in [0.1, 0.15) is 35.8 Å². The highest BCUT2D eigenvalue weighted by Crippen LogP contribution is 2.34. The summed E-state index contributed by atoms with van der Waals surface area (Å²) in [5.41, 5.74) is 2.16. The fourth-order valence-corrected chi connectivity index (χ4v) is 5.07. The average Bonchev–Trinajstić information content (AvgIpc) is 3.32. The molecule has 1 fully saturated rings. The summed E-state index contributed by atoms with van der Waals surface area (Å²) < 4.78 is 13.2. The SMILES string of the molecule is O=c1[nH]c2cc3c(cc2cc1[C@H](c1nnnn1Cc1ccccc1)[NH+]1CCC(O)CC1)OCCO3. The highest BCUT2D eigenvalue weighted by Gasteiger charge is 2.36. The van der Waals surface area contributed by atoms with Gasteiger partial charge in [0, 0.05) is 24.3 Å². The van der Waals surface area contributed by atoms with Crippen LogP contribution in [0.3, 0.4) is 0 Å². The van der Waals surface area contributed by atoms with Gasteiger partial charge in [0.2, 0.25) is 5.82 Å². The van der Waals surface area contributed by atoms with Gasteiger partial charge in [-0.05, 0) is 28.1 Å². The zero-order valence-electron chi connectivity index (χ0n) is 19.2. The molecule has 3 N–H and O–H groups in total. The largest absolute Gasteiger partial charge is 0.486 e. The van der Waals surface area contributed by atoms with Gasteiger partial charge in [0.15, 0.2) is 17.5 Å². The molecule has 0 spiro atoms. The van der Waals surface area contributed by atoms with E-state index in [9.17, 15) is 9.90 Å². The molecule has 35 heavy (non-hydrogen) atoms. The highest BCUT2D eigenvalue weighted by molar-refractivity contribution is 5.83. The molecular weight excluding hydrogens is 448 g/mol. The molecule has 2 aromatic heterocycles. The minimum atomic E-state index is -0.387. The maximum atomic E-state index is 13.4. The third kappa shape index (κ3) is 4.26. The number of aromatic nitrogens is 5. The lowest BCUT2D eigenvalue weighted by Crippen LogP contribution is -3.14. The normalized spacial score (nSPS) is 20.6. The van der Waals surface area contributed by atoms with Crippen LogP contribution in [-0.2, 0) is 6.54 Å². The summed E-state index contributed by atoms with van der Waals surface area (Å²) in [7, 11) is 0. The van der Waals surface area contributed by atoms with Gasteiger partial charge in [-0.1, -0.05) is 30.3 Å². The topological polar surface area (TPSA) is 120 Å². The molecule has 10 nitrogen and oxygen atoms in total. The molecular formula is C25H27N6O4+. The Morgan fingerprint density at radius 1 is 1.09 bits per heavy atom. The lowest BCUT2D eigenvalue weighted by molar-refractivity contribution is -0.932. The molecule has 0 unspecified atom stereocenters. The van der Waals surface area contributed by atoms with Crippen molar-refractivity contribution in [2.45, 2.75) is 31.5 Å². The molecule has 2 aliphatic heterocycles. The van der Waals surface area contributed by atoms with Crippen molar-refractivity contribution < 1.29 is 19.5 Å². The van der Waals surface area contributed by atoms with Crippen molar-refractivity contribution in [1.29, 1.82) is 0 Å². The monoisotopic (exact) mass is 475 g/mol. The molecule has 10 heteroatoms. The number of piperidine rings is 1. The first kappa shape index (κ1) is 21.8. The van der Waals surface area contributed by atoms with E-state index in [0.717, 1.165) is 15.8 Å². The van der Waals surface area contributed by atoms with Gasteiger partial charge in [-0.2, -0.15) is 0 Å². The highest BCUT2D eigenvalue weighted by atomic mass is 16.6. The Hall–Kier alpha value is -3.76. The van der Waals surface area contributed by atoms with Crippen molar-refractivity contribution in [3.63, 3.8) is 0 Å². The van der Waals surface area contributed by atoms with Crippen LogP contribution >= 0.6 is 0 Å². The Bertz CT molecular complexity index is 1390. The summed E-state index contributed by atoms with van der Waals surface area (Å²) in [4.78, 5) is 17.6. The third-order valence-corrected chi connectivity index (χ3v) is 6.85. The number of aliphatic hydroxyl groups excluding tert-OH is 1. The van der Waals surface area contributed by atoms with Gasteiger partial charge in [0.25, 0.3) is 5.56 Å². The van der Waals surface area contributed by atoms with Crippen LogP contribution in [0.25, 0.3) is 10.9 Å². The number of nitrogens with one attached hydrogen (secondary N) is 2. The number of aliphatic hydroxyl groups is 1. The number of tetrazole rings is 1. The van der Waals surface area contributed by atoms with Gasteiger partial charge in [-0.25, -0.2) is 4.68 Å². The summed E-state index contributed by atoms with van der Waals surface area (Å²) in [6, 6.07) is 15.2. The third-order valence-electron chi connectivity index (χ3n) is 6.85. The number of fused-ring (bicyclic) bond motifs is 2. The molecule has 4 aromatic rings. The van der Waals surface area contributed by atoms with Crippen molar-refractivity contribution >= 4 is 10.9 Å². The number of ether oxygens (including phenoxy) is 2. The number of H-pyrrole nitrogens is 1. The fourth-order valence-electron chi connectivity index (χ4n) is 5.07. The number of hydrogen-bond donors (Lipinski definition) is 3. The van der Waals surface area contributed by atoms with Gasteiger partial charge >= 0.3 is 0 Å². The first-order chi connectivity index (χ1) is 17.2. The minimum absolute atomic E-state index is 0.188. The van der Waals surface area contributed by atoms with Crippen molar-refractivity contribution in [2.75, 3.05) is 26.3 Å². The van der Waals surface area contributed by atoms with Gasteiger partial charge in [-0.15, -0.1) is 5.10 Å². The number of likely N-dealkylation sites (tertiary alicyclic amines) is 1. The van der Waals surface area contributed by atoms with E-state index in [1.54, 1.807) is 4.68 Å². The maximum Gasteiger partial charge on any atom is 0.258 e. The van der Waals surface area contributed by atoms with E-state index in [2.05, 4.69) is 20.5 Å². The Labute approximate surface area is 201 Å². The standard InChI is InChI=1S/C25H26N6O4/c32-18-6-8-30(9-7-18)23(24-27-28-29-31(24)15-16-4-2-1-3-5-16)19-12-17-13-21-22(35-11-10-34-21)14-20(17)26-25(19)33/h1-5,12-14,18,23,32H,6-11,15H2,(H,26,33)/p+1/t23-/m1/s1. The van der Waals surface area contributed by atoms with E-state index < -0.39 is 0 Å². The van der Waals surface area contributed by atoms with Crippen LogP contribution in [0, 0.1) is 0 Å². The Kier molecular flexibility index (Phi) is 5.67. The number of aromatic amines is 1. The summed E-state index contributed by atoms with van der Waals surface area (Å²) >= 11 is 0. The number of pyridine rings is 1. The van der Waals surface area contributed by atoms with Crippen molar-refractivity contribution in [3.8, 4) is 11.5 Å². The number of rotatable bonds is 5. The summed E-state index contributed by atoms with van der Waals surface area (Å²) in [6.07, 6.45) is 1.00. The molecule has 0 bridgehead atoms. The van der Waals surface area contributed by atoms with E-state index >= 15 is 0 Å². The number of quaternary nitrogens is 1. The van der Waals surface area contributed by atoms with Crippen LogP contribution < -0.4 is 19.9 Å². The first-order valence-corrected chi connectivity index (χ1v) is 11.9. The van der Waals surface area contributed by atoms with E-state index in [-0.39, 0.29) is 17.7 Å². The van der Waals surface area contributed by atoms with Crippen molar-refractivity contribution in [2.24, 2.45) is 0 Å². The fraction of sp³-hybridized carbons (Fsp3) is 0.360. The molecule has 0 saturated carbocycles. The predicted molar refractivity (Wildman–Crippen MR) is 127 cm³/mol. The van der Waals surface area contributed by atoms with E-state index in [4.69, 9.17) is 9.47 Å². The van der Waals surface area contributed by atoms with Crippen molar-refractivity contribution in [3.05, 3.63) is 75.8 Å². The lowest BCUT2D eigenvalue weighted by atomic mass is 9.99. The molecule has 0 aliphatic carbocycles. The van der Waals surface area contributed by atoms with Crippen LogP contribution in [0.5, 0.6) is 11.5 Å². The predicted octanol–water partition coefficient (Wildman–Crippen LogP) is 0.463. The molecule has 2 aromatic carbocycles. The number of benzene rings is 2. The van der Waals surface area contributed by atoms with Crippen LogP contribution in [0.2, 0.25) is 0 Å². The Morgan fingerprint density at radius 3 is 2.60 bits per heavy atom. The second-order valence-corrected chi connectivity index (χ2v) is 9.14. The molecule has 180 valence electrons.